The van der Waals surface area contributed by atoms with Crippen LogP contribution in [-0.4, -0.2) is 19.3 Å². The third kappa shape index (κ3) is 3.67. The largest absolute Gasteiger partial charge is 0.506 e. The van der Waals surface area contributed by atoms with Gasteiger partial charge in [-0.3, -0.25) is 4.79 Å². The molecule has 1 aromatic heterocycles. The lowest BCUT2D eigenvalue weighted by atomic mass is 10.1. The number of phenols is 1. The SMILES string of the molecule is COc1ccc(Sc2c(O)cc(OC)c3c(=O)cc(-c4ccccc4)oc23)cc1. The van der Waals surface area contributed by atoms with Gasteiger partial charge in [0.15, 0.2) is 11.0 Å². The van der Waals surface area contributed by atoms with Crippen molar-refractivity contribution in [2.24, 2.45) is 0 Å². The summed E-state index contributed by atoms with van der Waals surface area (Å²) in [7, 11) is 3.06. The molecule has 4 rings (SSSR count). The van der Waals surface area contributed by atoms with Crippen LogP contribution in [0.4, 0.5) is 0 Å². The van der Waals surface area contributed by atoms with E-state index in [1.54, 1.807) is 7.11 Å². The summed E-state index contributed by atoms with van der Waals surface area (Å²) in [6.07, 6.45) is 0. The van der Waals surface area contributed by atoms with Crippen LogP contribution in [-0.2, 0) is 0 Å². The number of rotatable bonds is 5. The summed E-state index contributed by atoms with van der Waals surface area (Å²) in [4.78, 5) is 14.2. The van der Waals surface area contributed by atoms with E-state index in [0.29, 0.717) is 16.0 Å². The first-order valence-corrected chi connectivity index (χ1v) is 9.67. The van der Waals surface area contributed by atoms with Gasteiger partial charge in [0.2, 0.25) is 0 Å². The smallest absolute Gasteiger partial charge is 0.197 e. The highest BCUT2D eigenvalue weighted by Crippen LogP contribution is 2.44. The van der Waals surface area contributed by atoms with Crippen LogP contribution >= 0.6 is 11.8 Å². The molecular formula is C23H18O5S. The summed E-state index contributed by atoms with van der Waals surface area (Å²) in [5.41, 5.74) is 0.821. The van der Waals surface area contributed by atoms with E-state index in [4.69, 9.17) is 13.9 Å². The van der Waals surface area contributed by atoms with Crippen molar-refractivity contribution in [3.05, 3.63) is 77.0 Å². The Hall–Kier alpha value is -3.38. The fraction of sp³-hybridized carbons (Fsp3) is 0.0870. The van der Waals surface area contributed by atoms with Crippen LogP contribution in [0.3, 0.4) is 0 Å². The van der Waals surface area contributed by atoms with Crippen LogP contribution in [0.5, 0.6) is 17.2 Å². The topological polar surface area (TPSA) is 68.9 Å². The molecule has 0 radical (unpaired) electrons. The van der Waals surface area contributed by atoms with E-state index in [2.05, 4.69) is 0 Å². The highest BCUT2D eigenvalue weighted by atomic mass is 32.2. The summed E-state index contributed by atoms with van der Waals surface area (Å²) < 4.78 is 16.6. The Morgan fingerprint density at radius 1 is 0.931 bits per heavy atom. The number of hydrogen-bond acceptors (Lipinski definition) is 6. The number of benzene rings is 3. The molecule has 0 aliphatic carbocycles. The summed E-state index contributed by atoms with van der Waals surface area (Å²) >= 11 is 1.30. The lowest BCUT2D eigenvalue weighted by molar-refractivity contribution is 0.408. The molecule has 0 saturated carbocycles. The second-order valence-corrected chi connectivity index (χ2v) is 7.33. The Bertz CT molecular complexity index is 1210. The number of aromatic hydroxyl groups is 1. The van der Waals surface area contributed by atoms with Gasteiger partial charge in [0.05, 0.1) is 19.1 Å². The van der Waals surface area contributed by atoms with Gasteiger partial charge in [0.1, 0.15) is 28.4 Å². The van der Waals surface area contributed by atoms with Crippen molar-refractivity contribution in [2.75, 3.05) is 14.2 Å². The summed E-state index contributed by atoms with van der Waals surface area (Å²) in [6.45, 7) is 0. The third-order valence-corrected chi connectivity index (χ3v) is 5.56. The van der Waals surface area contributed by atoms with E-state index in [1.165, 1.54) is 31.0 Å². The number of hydrogen-bond donors (Lipinski definition) is 1. The van der Waals surface area contributed by atoms with Gasteiger partial charge in [0, 0.05) is 22.6 Å². The first-order valence-electron chi connectivity index (χ1n) is 8.86. The van der Waals surface area contributed by atoms with Crippen molar-refractivity contribution < 1.29 is 19.0 Å². The van der Waals surface area contributed by atoms with Gasteiger partial charge in [-0.25, -0.2) is 0 Å². The van der Waals surface area contributed by atoms with Crippen LogP contribution in [0.15, 0.2) is 85.7 Å². The highest BCUT2D eigenvalue weighted by Gasteiger charge is 2.20. The average molecular weight is 406 g/mol. The van der Waals surface area contributed by atoms with Crippen molar-refractivity contribution in [1.29, 1.82) is 0 Å². The molecule has 0 fully saturated rings. The Morgan fingerprint density at radius 2 is 1.66 bits per heavy atom. The Balaban J connectivity index is 1.93. The lowest BCUT2D eigenvalue weighted by Gasteiger charge is -2.13. The van der Waals surface area contributed by atoms with Gasteiger partial charge < -0.3 is 19.0 Å². The second-order valence-electron chi connectivity index (χ2n) is 6.25. The molecule has 0 spiro atoms. The molecule has 0 unspecified atom stereocenters. The zero-order chi connectivity index (χ0) is 20.4. The minimum absolute atomic E-state index is 0.0245. The van der Waals surface area contributed by atoms with Gasteiger partial charge in [0.25, 0.3) is 0 Å². The van der Waals surface area contributed by atoms with E-state index in [9.17, 15) is 9.90 Å². The van der Waals surface area contributed by atoms with Gasteiger partial charge in [-0.15, -0.1) is 0 Å². The summed E-state index contributed by atoms with van der Waals surface area (Å²) in [5.74, 6) is 1.40. The third-order valence-electron chi connectivity index (χ3n) is 4.46. The van der Waals surface area contributed by atoms with Gasteiger partial charge in [-0.2, -0.15) is 0 Å². The van der Waals surface area contributed by atoms with Crippen LogP contribution < -0.4 is 14.9 Å². The van der Waals surface area contributed by atoms with Crippen molar-refractivity contribution in [3.63, 3.8) is 0 Å². The molecule has 4 aromatic rings. The molecule has 1 heterocycles. The maximum atomic E-state index is 12.9. The maximum Gasteiger partial charge on any atom is 0.197 e. The van der Waals surface area contributed by atoms with Crippen molar-refractivity contribution in [3.8, 4) is 28.6 Å². The van der Waals surface area contributed by atoms with Crippen molar-refractivity contribution >= 4 is 22.7 Å². The average Bonchev–Trinajstić information content (AvgIpc) is 2.76. The number of ether oxygens (including phenoxy) is 2. The molecule has 0 amide bonds. The molecule has 5 nitrogen and oxygen atoms in total. The molecule has 0 aliphatic heterocycles. The molecule has 0 atom stereocenters. The number of fused-ring (bicyclic) bond motifs is 1. The van der Waals surface area contributed by atoms with Gasteiger partial charge in [-0.05, 0) is 24.3 Å². The number of methoxy groups -OCH3 is 2. The monoisotopic (exact) mass is 406 g/mol. The van der Waals surface area contributed by atoms with Gasteiger partial charge in [-0.1, -0.05) is 42.1 Å². The molecule has 29 heavy (non-hydrogen) atoms. The number of phenolic OH excluding ortho intramolecular Hbond substituents is 1. The Kier molecular flexibility index (Phi) is 5.18. The predicted molar refractivity (Wildman–Crippen MR) is 113 cm³/mol. The molecule has 6 heteroatoms. The Morgan fingerprint density at radius 3 is 2.31 bits per heavy atom. The van der Waals surface area contributed by atoms with E-state index in [1.807, 2.05) is 54.6 Å². The quantitative estimate of drug-likeness (QED) is 0.483. The molecule has 1 N–H and O–H groups in total. The molecule has 0 bridgehead atoms. The summed E-state index contributed by atoms with van der Waals surface area (Å²) in [5, 5.41) is 10.9. The molecule has 0 saturated heterocycles. The van der Waals surface area contributed by atoms with E-state index in [-0.39, 0.29) is 22.5 Å². The minimum Gasteiger partial charge on any atom is -0.506 e. The van der Waals surface area contributed by atoms with Crippen LogP contribution in [0.1, 0.15) is 0 Å². The van der Waals surface area contributed by atoms with E-state index in [0.717, 1.165) is 16.2 Å². The normalized spacial score (nSPS) is 10.8. The highest BCUT2D eigenvalue weighted by molar-refractivity contribution is 7.99. The van der Waals surface area contributed by atoms with Gasteiger partial charge >= 0.3 is 0 Å². The molecule has 3 aromatic carbocycles. The molecule has 0 aliphatic rings. The maximum absolute atomic E-state index is 12.9. The fourth-order valence-electron chi connectivity index (χ4n) is 3.03. The zero-order valence-corrected chi connectivity index (χ0v) is 16.7. The first kappa shape index (κ1) is 19.0. The van der Waals surface area contributed by atoms with E-state index >= 15 is 0 Å². The van der Waals surface area contributed by atoms with Crippen molar-refractivity contribution in [2.45, 2.75) is 9.79 Å². The molecule has 146 valence electrons. The zero-order valence-electron chi connectivity index (χ0n) is 15.8. The predicted octanol–water partition coefficient (Wildman–Crippen LogP) is 5.33. The van der Waals surface area contributed by atoms with Crippen LogP contribution in [0.25, 0.3) is 22.3 Å². The van der Waals surface area contributed by atoms with Crippen LogP contribution in [0, 0.1) is 0 Å². The Labute approximate surface area is 171 Å². The van der Waals surface area contributed by atoms with Crippen LogP contribution in [0.2, 0.25) is 0 Å². The standard InChI is InChI=1S/C23H18O5S/c1-26-15-8-10-16(11-9-15)29-23-18(25)13-20(27-2)21-17(24)12-19(28-22(21)23)14-6-4-3-5-7-14/h3-13,25H,1-2H3. The molecular weight excluding hydrogens is 388 g/mol. The lowest BCUT2D eigenvalue weighted by Crippen LogP contribution is -2.03. The first-order chi connectivity index (χ1) is 14.1. The van der Waals surface area contributed by atoms with Crippen molar-refractivity contribution in [1.82, 2.24) is 0 Å². The fourth-order valence-corrected chi connectivity index (χ4v) is 3.94. The minimum atomic E-state index is -0.237. The van der Waals surface area contributed by atoms with E-state index < -0.39 is 0 Å². The summed E-state index contributed by atoms with van der Waals surface area (Å²) in [6, 6.07) is 19.6. The second kappa shape index (κ2) is 7.93.